The summed E-state index contributed by atoms with van der Waals surface area (Å²) < 4.78 is 10.2. The molecule has 0 unspecified atom stereocenters. The first kappa shape index (κ1) is 17.9. The van der Waals surface area contributed by atoms with Gasteiger partial charge < -0.3 is 25.0 Å². The molecule has 26 heavy (non-hydrogen) atoms. The van der Waals surface area contributed by atoms with Crippen LogP contribution in [0, 0.1) is 0 Å². The van der Waals surface area contributed by atoms with Gasteiger partial charge in [-0.3, -0.25) is 0 Å². The molecule has 2 aromatic carbocycles. The van der Waals surface area contributed by atoms with E-state index in [9.17, 15) is 4.79 Å². The Bertz CT molecular complexity index is 753. The molecule has 0 aromatic heterocycles. The first-order valence-electron chi connectivity index (χ1n) is 8.83. The molecule has 0 atom stereocenters. The summed E-state index contributed by atoms with van der Waals surface area (Å²) in [5, 5.41) is 0. The molecule has 1 fully saturated rings. The SMILES string of the molecule is CCOC(=O)c1ccc(N2CCN(c3ccc(OC)cc3)CC2)c(N)c1. The van der Waals surface area contributed by atoms with Crippen LogP contribution in [0.1, 0.15) is 17.3 Å². The number of hydrogen-bond donors (Lipinski definition) is 1. The Kier molecular flexibility index (Phi) is 5.51. The molecular weight excluding hydrogens is 330 g/mol. The number of piperazine rings is 1. The minimum Gasteiger partial charge on any atom is -0.497 e. The number of nitrogens with two attached hydrogens (primary N) is 1. The molecule has 0 bridgehead atoms. The van der Waals surface area contributed by atoms with Crippen molar-refractivity contribution in [2.24, 2.45) is 0 Å². The number of nitrogens with zero attached hydrogens (tertiary/aromatic N) is 2. The zero-order chi connectivity index (χ0) is 18.5. The van der Waals surface area contributed by atoms with Crippen molar-refractivity contribution in [3.63, 3.8) is 0 Å². The molecule has 1 saturated heterocycles. The molecule has 1 heterocycles. The standard InChI is InChI=1S/C20H25N3O3/c1-3-26-20(24)15-4-9-19(18(21)14-15)23-12-10-22(11-13-23)16-5-7-17(25-2)8-6-16/h4-9,14H,3,10-13,21H2,1-2H3. The van der Waals surface area contributed by atoms with Gasteiger partial charge in [0.05, 0.1) is 30.7 Å². The molecule has 2 N–H and O–H groups in total. The first-order valence-corrected chi connectivity index (χ1v) is 8.83. The van der Waals surface area contributed by atoms with Gasteiger partial charge in [0.1, 0.15) is 5.75 Å². The lowest BCUT2D eigenvalue weighted by molar-refractivity contribution is 0.0526. The van der Waals surface area contributed by atoms with Gasteiger partial charge in [-0.15, -0.1) is 0 Å². The van der Waals surface area contributed by atoms with Crippen molar-refractivity contribution in [1.29, 1.82) is 0 Å². The third kappa shape index (κ3) is 3.85. The van der Waals surface area contributed by atoms with Gasteiger partial charge in [-0.05, 0) is 49.4 Å². The molecule has 1 aliphatic rings. The number of ether oxygens (including phenoxy) is 2. The van der Waals surface area contributed by atoms with E-state index in [4.69, 9.17) is 15.2 Å². The third-order valence-electron chi connectivity index (χ3n) is 4.60. The molecule has 2 aromatic rings. The van der Waals surface area contributed by atoms with Gasteiger partial charge in [-0.2, -0.15) is 0 Å². The summed E-state index contributed by atoms with van der Waals surface area (Å²) in [6.45, 7) is 5.70. The number of carbonyl (C=O) groups is 1. The van der Waals surface area contributed by atoms with E-state index in [0.29, 0.717) is 17.9 Å². The van der Waals surface area contributed by atoms with Gasteiger partial charge in [-0.25, -0.2) is 4.79 Å². The summed E-state index contributed by atoms with van der Waals surface area (Å²) in [6.07, 6.45) is 0. The lowest BCUT2D eigenvalue weighted by atomic mass is 10.1. The number of anilines is 3. The number of nitrogen functional groups attached to an aromatic ring is 1. The molecule has 0 radical (unpaired) electrons. The Labute approximate surface area is 154 Å². The van der Waals surface area contributed by atoms with Crippen molar-refractivity contribution in [3.05, 3.63) is 48.0 Å². The Balaban J connectivity index is 1.64. The second-order valence-electron chi connectivity index (χ2n) is 6.17. The van der Waals surface area contributed by atoms with Crippen LogP contribution in [-0.4, -0.2) is 45.9 Å². The van der Waals surface area contributed by atoms with E-state index in [2.05, 4.69) is 21.9 Å². The fourth-order valence-electron chi connectivity index (χ4n) is 3.18. The highest BCUT2D eigenvalue weighted by molar-refractivity contribution is 5.92. The normalized spacial score (nSPS) is 14.2. The third-order valence-corrected chi connectivity index (χ3v) is 4.60. The number of methoxy groups -OCH3 is 1. The fourth-order valence-corrected chi connectivity index (χ4v) is 3.18. The van der Waals surface area contributed by atoms with Gasteiger partial charge in [0.2, 0.25) is 0 Å². The molecular formula is C20H25N3O3. The number of rotatable bonds is 5. The topological polar surface area (TPSA) is 68.0 Å². The molecule has 6 nitrogen and oxygen atoms in total. The maximum absolute atomic E-state index is 11.8. The highest BCUT2D eigenvalue weighted by Crippen LogP contribution is 2.27. The Hall–Kier alpha value is -2.89. The van der Waals surface area contributed by atoms with E-state index in [0.717, 1.165) is 37.6 Å². The first-order chi connectivity index (χ1) is 12.6. The highest BCUT2D eigenvalue weighted by Gasteiger charge is 2.20. The molecule has 3 rings (SSSR count). The number of benzene rings is 2. The molecule has 0 spiro atoms. The van der Waals surface area contributed by atoms with Crippen LogP contribution in [0.5, 0.6) is 5.75 Å². The fraction of sp³-hybridized carbons (Fsp3) is 0.350. The largest absolute Gasteiger partial charge is 0.497 e. The quantitative estimate of drug-likeness (QED) is 0.657. The molecule has 6 heteroatoms. The molecule has 0 saturated carbocycles. The Morgan fingerprint density at radius 1 is 1.04 bits per heavy atom. The van der Waals surface area contributed by atoms with Gasteiger partial charge in [0.25, 0.3) is 0 Å². The van der Waals surface area contributed by atoms with Crippen molar-refractivity contribution in [1.82, 2.24) is 0 Å². The number of hydrogen-bond acceptors (Lipinski definition) is 6. The Morgan fingerprint density at radius 2 is 1.69 bits per heavy atom. The average molecular weight is 355 g/mol. The van der Waals surface area contributed by atoms with Gasteiger partial charge >= 0.3 is 5.97 Å². The van der Waals surface area contributed by atoms with Gasteiger partial charge in [-0.1, -0.05) is 0 Å². The Morgan fingerprint density at radius 3 is 2.27 bits per heavy atom. The highest BCUT2D eigenvalue weighted by atomic mass is 16.5. The molecule has 0 aliphatic carbocycles. The van der Waals surface area contributed by atoms with Crippen molar-refractivity contribution in [3.8, 4) is 5.75 Å². The van der Waals surface area contributed by atoms with Crippen LogP contribution in [0.15, 0.2) is 42.5 Å². The zero-order valence-corrected chi connectivity index (χ0v) is 15.3. The van der Waals surface area contributed by atoms with Crippen molar-refractivity contribution in [2.75, 3.05) is 55.4 Å². The van der Waals surface area contributed by atoms with Crippen molar-refractivity contribution >= 4 is 23.0 Å². The summed E-state index contributed by atoms with van der Waals surface area (Å²) in [4.78, 5) is 16.4. The maximum Gasteiger partial charge on any atom is 0.338 e. The zero-order valence-electron chi connectivity index (χ0n) is 15.3. The van der Waals surface area contributed by atoms with Crippen LogP contribution < -0.4 is 20.3 Å². The van der Waals surface area contributed by atoms with E-state index in [1.165, 1.54) is 5.69 Å². The second-order valence-corrected chi connectivity index (χ2v) is 6.17. The van der Waals surface area contributed by atoms with E-state index in [1.54, 1.807) is 26.2 Å². The summed E-state index contributed by atoms with van der Waals surface area (Å²) in [6, 6.07) is 13.5. The van der Waals surface area contributed by atoms with Crippen LogP contribution in [0.2, 0.25) is 0 Å². The van der Waals surface area contributed by atoms with Gasteiger partial charge in [0, 0.05) is 31.9 Å². The predicted octanol–water partition coefficient (Wildman–Crippen LogP) is 2.78. The van der Waals surface area contributed by atoms with E-state index in [1.807, 2.05) is 18.2 Å². The summed E-state index contributed by atoms with van der Waals surface area (Å²) in [7, 11) is 1.67. The minimum atomic E-state index is -0.338. The van der Waals surface area contributed by atoms with Crippen molar-refractivity contribution < 1.29 is 14.3 Å². The van der Waals surface area contributed by atoms with Crippen LogP contribution in [0.4, 0.5) is 17.1 Å². The summed E-state index contributed by atoms with van der Waals surface area (Å²) in [5.41, 5.74) is 9.44. The van der Waals surface area contributed by atoms with Crippen LogP contribution >= 0.6 is 0 Å². The average Bonchev–Trinajstić information content (AvgIpc) is 2.68. The molecule has 0 amide bonds. The van der Waals surface area contributed by atoms with Crippen molar-refractivity contribution in [2.45, 2.75) is 6.92 Å². The van der Waals surface area contributed by atoms with E-state index in [-0.39, 0.29) is 5.97 Å². The predicted molar refractivity (Wildman–Crippen MR) is 104 cm³/mol. The summed E-state index contributed by atoms with van der Waals surface area (Å²) in [5.74, 6) is 0.525. The van der Waals surface area contributed by atoms with E-state index < -0.39 is 0 Å². The molecule has 138 valence electrons. The smallest absolute Gasteiger partial charge is 0.338 e. The monoisotopic (exact) mass is 355 g/mol. The lowest BCUT2D eigenvalue weighted by Gasteiger charge is -2.38. The van der Waals surface area contributed by atoms with E-state index >= 15 is 0 Å². The minimum absolute atomic E-state index is 0.338. The number of carbonyl (C=O) groups excluding carboxylic acids is 1. The van der Waals surface area contributed by atoms with Crippen LogP contribution in [0.3, 0.4) is 0 Å². The van der Waals surface area contributed by atoms with Crippen LogP contribution in [0.25, 0.3) is 0 Å². The summed E-state index contributed by atoms with van der Waals surface area (Å²) >= 11 is 0. The molecule has 1 aliphatic heterocycles. The number of esters is 1. The lowest BCUT2D eigenvalue weighted by Crippen LogP contribution is -2.46. The van der Waals surface area contributed by atoms with Gasteiger partial charge in [0.15, 0.2) is 0 Å². The maximum atomic E-state index is 11.8. The second kappa shape index (κ2) is 7.99. The van der Waals surface area contributed by atoms with Crippen LogP contribution in [-0.2, 0) is 4.74 Å².